The Bertz CT molecular complexity index is 1800. The predicted octanol–water partition coefficient (Wildman–Crippen LogP) is 6.75. The molecular formula is C36H33Cl3N4O5. The van der Waals surface area contributed by atoms with Crippen LogP contribution >= 0.6 is 34.8 Å². The number of hydrogen-bond acceptors (Lipinski definition) is 5. The Morgan fingerprint density at radius 2 is 1.56 bits per heavy atom. The molecular weight excluding hydrogens is 675 g/mol. The first-order valence-electron chi connectivity index (χ1n) is 15.2. The summed E-state index contributed by atoms with van der Waals surface area (Å²) in [6.07, 6.45) is 1.59. The number of nitrogens with one attached hydrogen (secondary N) is 3. The molecule has 5 rings (SSSR count). The largest absolute Gasteiger partial charge is 0.459 e. The quantitative estimate of drug-likeness (QED) is 0.149. The molecule has 4 amide bonds. The summed E-state index contributed by atoms with van der Waals surface area (Å²) in [4.78, 5) is 54.3. The summed E-state index contributed by atoms with van der Waals surface area (Å²) in [5.41, 5.74) is 3.81. The number of carbonyl (C=O) groups excluding carboxylic acids is 4. The van der Waals surface area contributed by atoms with E-state index in [-0.39, 0.29) is 52.8 Å². The molecule has 1 unspecified atom stereocenters. The van der Waals surface area contributed by atoms with Gasteiger partial charge in [0.1, 0.15) is 12.6 Å². The maximum atomic E-state index is 13.5. The van der Waals surface area contributed by atoms with Crippen LogP contribution in [0, 0.1) is 0 Å². The Labute approximate surface area is 293 Å². The highest BCUT2D eigenvalue weighted by molar-refractivity contribution is 6.40. The van der Waals surface area contributed by atoms with Crippen molar-refractivity contribution in [3.63, 3.8) is 0 Å². The fourth-order valence-electron chi connectivity index (χ4n) is 5.48. The standard InChI is InChI=1S/C36H33Cl3N4O5/c1-43(20-23-10-7-12-26(37)16-23)34(45)25-17-28(38)32(29(39)18-25)33(44)41-31(35(46)48-21-22-8-3-2-4-9-22)19-40-36(47)42-30-15-14-24-11-5-6-13-27(24)30/h2-13,16-18,30-31H,14-15,19-21H2,1H3,(H,41,44)(H2,40,42,47)/t30-,31?/m1/s1. The number of benzene rings is 4. The van der Waals surface area contributed by atoms with Crippen molar-refractivity contribution in [2.45, 2.75) is 38.1 Å². The van der Waals surface area contributed by atoms with Crippen LogP contribution in [0.15, 0.2) is 91.0 Å². The molecule has 9 nitrogen and oxygen atoms in total. The number of carbonyl (C=O) groups is 4. The van der Waals surface area contributed by atoms with Crippen LogP contribution in [0.3, 0.4) is 0 Å². The molecule has 0 saturated carbocycles. The minimum atomic E-state index is -1.29. The highest BCUT2D eigenvalue weighted by Crippen LogP contribution is 2.31. The smallest absolute Gasteiger partial charge is 0.330 e. The number of rotatable bonds is 11. The normalized spacial score (nSPS) is 14.0. The summed E-state index contributed by atoms with van der Waals surface area (Å²) in [6, 6.07) is 24.8. The van der Waals surface area contributed by atoms with E-state index in [0.29, 0.717) is 5.02 Å². The molecule has 12 heteroatoms. The van der Waals surface area contributed by atoms with Crippen LogP contribution in [0.4, 0.5) is 4.79 Å². The van der Waals surface area contributed by atoms with Crippen LogP contribution in [-0.2, 0) is 29.1 Å². The lowest BCUT2D eigenvalue weighted by molar-refractivity contribution is -0.147. The maximum Gasteiger partial charge on any atom is 0.330 e. The fourth-order valence-corrected chi connectivity index (χ4v) is 6.35. The zero-order chi connectivity index (χ0) is 34.2. The lowest BCUT2D eigenvalue weighted by Gasteiger charge is -2.21. The monoisotopic (exact) mass is 706 g/mol. The number of aryl methyl sites for hydroxylation is 1. The van der Waals surface area contributed by atoms with Gasteiger partial charge in [-0.2, -0.15) is 0 Å². The van der Waals surface area contributed by atoms with Gasteiger partial charge in [-0.1, -0.05) is 102 Å². The number of urea groups is 1. The van der Waals surface area contributed by atoms with E-state index in [2.05, 4.69) is 16.0 Å². The number of halogens is 3. The molecule has 0 aliphatic heterocycles. The van der Waals surface area contributed by atoms with Crippen molar-refractivity contribution in [3.05, 3.63) is 139 Å². The average Bonchev–Trinajstić information content (AvgIpc) is 3.47. The summed E-state index contributed by atoms with van der Waals surface area (Å²) in [7, 11) is 1.62. The molecule has 4 aromatic carbocycles. The van der Waals surface area contributed by atoms with E-state index < -0.39 is 23.9 Å². The molecule has 0 radical (unpaired) electrons. The van der Waals surface area contributed by atoms with Crippen LogP contribution in [0.25, 0.3) is 0 Å². The first-order valence-corrected chi connectivity index (χ1v) is 16.3. The molecule has 0 aromatic heterocycles. The van der Waals surface area contributed by atoms with Gasteiger partial charge in [0, 0.05) is 24.2 Å². The number of ether oxygens (including phenoxy) is 1. The zero-order valence-corrected chi connectivity index (χ0v) is 28.2. The Morgan fingerprint density at radius 3 is 2.29 bits per heavy atom. The van der Waals surface area contributed by atoms with Crippen molar-refractivity contribution in [2.75, 3.05) is 13.6 Å². The summed E-state index contributed by atoms with van der Waals surface area (Å²) in [6.45, 7) is -0.0464. The van der Waals surface area contributed by atoms with Gasteiger partial charge in [0.25, 0.3) is 11.8 Å². The molecule has 248 valence electrons. The Kier molecular flexibility index (Phi) is 11.6. The SMILES string of the molecule is CN(Cc1cccc(Cl)c1)C(=O)c1cc(Cl)c(C(=O)NC(CNC(=O)N[C@@H]2CCc3ccccc32)C(=O)OCc2ccccc2)c(Cl)c1. The lowest BCUT2D eigenvalue weighted by Crippen LogP contribution is -2.51. The maximum absolute atomic E-state index is 13.5. The second-order valence-electron chi connectivity index (χ2n) is 11.4. The predicted molar refractivity (Wildman–Crippen MR) is 185 cm³/mol. The first kappa shape index (κ1) is 34.8. The molecule has 2 atom stereocenters. The minimum Gasteiger partial charge on any atom is -0.459 e. The van der Waals surface area contributed by atoms with Gasteiger partial charge in [-0.25, -0.2) is 9.59 Å². The second-order valence-corrected chi connectivity index (χ2v) is 12.6. The third-order valence-electron chi connectivity index (χ3n) is 7.89. The van der Waals surface area contributed by atoms with Crippen LogP contribution in [0.1, 0.15) is 55.4 Å². The van der Waals surface area contributed by atoms with Crippen LogP contribution in [-0.4, -0.2) is 48.3 Å². The van der Waals surface area contributed by atoms with Gasteiger partial charge in [-0.05, 0) is 59.4 Å². The van der Waals surface area contributed by atoms with Gasteiger partial charge in [0.05, 0.1) is 28.2 Å². The molecule has 1 aliphatic rings. The topological polar surface area (TPSA) is 117 Å². The van der Waals surface area contributed by atoms with E-state index in [1.54, 1.807) is 37.4 Å². The summed E-state index contributed by atoms with van der Waals surface area (Å²) in [5, 5.41) is 8.56. The second kappa shape index (κ2) is 16.0. The molecule has 0 fully saturated rings. The van der Waals surface area contributed by atoms with E-state index >= 15 is 0 Å². The van der Waals surface area contributed by atoms with Gasteiger partial charge < -0.3 is 25.6 Å². The van der Waals surface area contributed by atoms with Crippen molar-refractivity contribution in [3.8, 4) is 0 Å². The lowest BCUT2D eigenvalue weighted by atomic mass is 10.1. The molecule has 0 spiro atoms. The first-order chi connectivity index (χ1) is 23.1. The number of esters is 1. The number of amides is 4. The summed E-state index contributed by atoms with van der Waals surface area (Å²) in [5.74, 6) is -1.95. The Balaban J connectivity index is 1.27. The minimum absolute atomic E-state index is 0.0435. The van der Waals surface area contributed by atoms with Gasteiger partial charge in [0.15, 0.2) is 0 Å². The highest BCUT2D eigenvalue weighted by Gasteiger charge is 2.28. The molecule has 4 aromatic rings. The van der Waals surface area contributed by atoms with Crippen molar-refractivity contribution in [2.24, 2.45) is 0 Å². The van der Waals surface area contributed by atoms with Crippen LogP contribution in [0.5, 0.6) is 0 Å². The molecule has 48 heavy (non-hydrogen) atoms. The summed E-state index contributed by atoms with van der Waals surface area (Å²) >= 11 is 19.1. The van der Waals surface area contributed by atoms with E-state index in [1.165, 1.54) is 22.6 Å². The molecule has 0 saturated heterocycles. The number of fused-ring (bicyclic) bond motifs is 1. The molecule has 0 heterocycles. The van der Waals surface area contributed by atoms with E-state index in [4.69, 9.17) is 39.5 Å². The van der Waals surface area contributed by atoms with Crippen molar-refractivity contribution in [1.29, 1.82) is 0 Å². The number of nitrogens with zero attached hydrogens (tertiary/aromatic N) is 1. The third kappa shape index (κ3) is 8.86. The zero-order valence-electron chi connectivity index (χ0n) is 26.0. The van der Waals surface area contributed by atoms with Gasteiger partial charge >= 0.3 is 12.0 Å². The van der Waals surface area contributed by atoms with Crippen molar-refractivity contribution < 1.29 is 23.9 Å². The van der Waals surface area contributed by atoms with Crippen LogP contribution < -0.4 is 16.0 Å². The summed E-state index contributed by atoms with van der Waals surface area (Å²) < 4.78 is 5.48. The van der Waals surface area contributed by atoms with Crippen molar-refractivity contribution in [1.82, 2.24) is 20.9 Å². The Morgan fingerprint density at radius 1 is 0.875 bits per heavy atom. The van der Waals surface area contributed by atoms with Crippen molar-refractivity contribution >= 4 is 58.6 Å². The molecule has 1 aliphatic carbocycles. The fraction of sp³-hybridized carbons (Fsp3) is 0.222. The number of hydrogen-bond donors (Lipinski definition) is 3. The van der Waals surface area contributed by atoms with Gasteiger partial charge in [0.2, 0.25) is 0 Å². The van der Waals surface area contributed by atoms with Gasteiger partial charge in [-0.15, -0.1) is 0 Å². The van der Waals surface area contributed by atoms with Gasteiger partial charge in [-0.3, -0.25) is 9.59 Å². The highest BCUT2D eigenvalue weighted by atomic mass is 35.5. The van der Waals surface area contributed by atoms with E-state index in [9.17, 15) is 19.2 Å². The van der Waals surface area contributed by atoms with Crippen LogP contribution in [0.2, 0.25) is 15.1 Å². The van der Waals surface area contributed by atoms with E-state index in [0.717, 1.165) is 29.5 Å². The molecule has 3 N–H and O–H groups in total. The average molecular weight is 708 g/mol. The Hall–Kier alpha value is -4.57. The van der Waals surface area contributed by atoms with E-state index in [1.807, 2.05) is 48.5 Å². The molecule has 0 bridgehead atoms. The third-order valence-corrected chi connectivity index (χ3v) is 8.72.